The monoisotopic (exact) mass is 179 g/mol. The summed E-state index contributed by atoms with van der Waals surface area (Å²) in [6.45, 7) is 6.26. The highest BCUT2D eigenvalue weighted by molar-refractivity contribution is 5.52. The van der Waals surface area contributed by atoms with Crippen molar-refractivity contribution >= 4 is 5.69 Å². The lowest BCUT2D eigenvalue weighted by Crippen LogP contribution is -2.19. The summed E-state index contributed by atoms with van der Waals surface area (Å²) in [5.74, 6) is 0. The van der Waals surface area contributed by atoms with Crippen LogP contribution in [-0.4, -0.2) is 17.8 Å². The molecule has 1 rings (SSSR count). The van der Waals surface area contributed by atoms with Gasteiger partial charge in [0, 0.05) is 11.7 Å². The number of hydrogen-bond donors (Lipinski definition) is 2. The second-order valence-electron chi connectivity index (χ2n) is 3.55. The summed E-state index contributed by atoms with van der Waals surface area (Å²) in [4.78, 5) is 0. The van der Waals surface area contributed by atoms with Crippen molar-refractivity contribution in [3.63, 3.8) is 0 Å². The molecule has 0 radical (unpaired) electrons. The Morgan fingerprint density at radius 1 is 1.38 bits per heavy atom. The molecular weight excluding hydrogens is 162 g/mol. The molecule has 0 aliphatic heterocycles. The molecule has 0 spiro atoms. The number of nitrogens with one attached hydrogen (secondary N) is 1. The van der Waals surface area contributed by atoms with Crippen LogP contribution in [0.15, 0.2) is 18.2 Å². The molecule has 0 unspecified atom stereocenters. The molecule has 0 aromatic heterocycles. The maximum absolute atomic E-state index is 8.88. The quantitative estimate of drug-likeness (QED) is 0.744. The zero-order valence-corrected chi connectivity index (χ0v) is 8.46. The number of hydrogen-bond acceptors (Lipinski definition) is 2. The van der Waals surface area contributed by atoms with E-state index < -0.39 is 0 Å². The lowest BCUT2D eigenvalue weighted by atomic mass is 10.1. The van der Waals surface area contributed by atoms with E-state index in [1.54, 1.807) is 0 Å². The molecule has 0 saturated carbocycles. The van der Waals surface area contributed by atoms with Crippen LogP contribution < -0.4 is 5.32 Å². The predicted octanol–water partition coefficient (Wildman–Crippen LogP) is 2.10. The first kappa shape index (κ1) is 10.1. The van der Waals surface area contributed by atoms with E-state index in [-0.39, 0.29) is 12.6 Å². The number of aliphatic hydroxyl groups excluding tert-OH is 1. The molecule has 0 fully saturated rings. The molecule has 1 atom stereocenters. The van der Waals surface area contributed by atoms with Gasteiger partial charge in [0.15, 0.2) is 0 Å². The molecule has 2 nitrogen and oxygen atoms in total. The van der Waals surface area contributed by atoms with E-state index >= 15 is 0 Å². The molecule has 0 saturated heterocycles. The molecule has 13 heavy (non-hydrogen) atoms. The van der Waals surface area contributed by atoms with Crippen LogP contribution in [0.25, 0.3) is 0 Å². The van der Waals surface area contributed by atoms with Crippen molar-refractivity contribution < 1.29 is 5.11 Å². The van der Waals surface area contributed by atoms with Gasteiger partial charge in [-0.25, -0.2) is 0 Å². The number of rotatable bonds is 3. The zero-order chi connectivity index (χ0) is 9.84. The van der Waals surface area contributed by atoms with Gasteiger partial charge in [0.25, 0.3) is 0 Å². The van der Waals surface area contributed by atoms with E-state index in [1.165, 1.54) is 11.1 Å². The van der Waals surface area contributed by atoms with Crippen molar-refractivity contribution in [1.29, 1.82) is 0 Å². The molecule has 0 heterocycles. The van der Waals surface area contributed by atoms with Crippen molar-refractivity contribution in [3.8, 4) is 0 Å². The minimum Gasteiger partial charge on any atom is -0.394 e. The van der Waals surface area contributed by atoms with Gasteiger partial charge in [0.2, 0.25) is 0 Å². The zero-order valence-electron chi connectivity index (χ0n) is 8.46. The number of aliphatic hydroxyl groups is 1. The summed E-state index contributed by atoms with van der Waals surface area (Å²) in [6.07, 6.45) is 0. The molecule has 0 aliphatic rings. The molecule has 1 aromatic carbocycles. The van der Waals surface area contributed by atoms with Crippen LogP contribution in [0.1, 0.15) is 18.1 Å². The summed E-state index contributed by atoms with van der Waals surface area (Å²) < 4.78 is 0. The number of benzene rings is 1. The van der Waals surface area contributed by atoms with Crippen LogP contribution in [0.2, 0.25) is 0 Å². The maximum Gasteiger partial charge on any atom is 0.0630 e. The van der Waals surface area contributed by atoms with Gasteiger partial charge in [0.05, 0.1) is 6.61 Å². The Morgan fingerprint density at radius 2 is 2.08 bits per heavy atom. The Hall–Kier alpha value is -1.02. The molecule has 72 valence electrons. The fourth-order valence-corrected chi connectivity index (χ4v) is 1.29. The third-order valence-electron chi connectivity index (χ3n) is 2.06. The molecule has 1 aromatic rings. The van der Waals surface area contributed by atoms with E-state index in [2.05, 4.69) is 37.4 Å². The third kappa shape index (κ3) is 2.74. The highest BCUT2D eigenvalue weighted by atomic mass is 16.3. The molecule has 2 heteroatoms. The van der Waals surface area contributed by atoms with Gasteiger partial charge >= 0.3 is 0 Å². The fraction of sp³-hybridized carbons (Fsp3) is 0.455. The summed E-state index contributed by atoms with van der Waals surface area (Å²) in [5, 5.41) is 12.1. The van der Waals surface area contributed by atoms with Gasteiger partial charge in [0.1, 0.15) is 0 Å². The molecule has 0 bridgehead atoms. The SMILES string of the molecule is Cc1ccc(N[C@@H](C)CO)c(C)c1. The first-order valence-corrected chi connectivity index (χ1v) is 4.58. The van der Waals surface area contributed by atoms with E-state index in [0.29, 0.717) is 0 Å². The fourth-order valence-electron chi connectivity index (χ4n) is 1.29. The summed E-state index contributed by atoms with van der Waals surface area (Å²) in [7, 11) is 0. The average molecular weight is 179 g/mol. The molecule has 0 amide bonds. The van der Waals surface area contributed by atoms with Crippen LogP contribution >= 0.6 is 0 Å². The standard InChI is InChI=1S/C11H17NO/c1-8-4-5-11(9(2)6-8)12-10(3)7-13/h4-6,10,12-13H,7H2,1-3H3/t10-/m0/s1. The van der Waals surface area contributed by atoms with Crippen LogP contribution in [-0.2, 0) is 0 Å². The summed E-state index contributed by atoms with van der Waals surface area (Å²) in [5.41, 5.74) is 3.59. The van der Waals surface area contributed by atoms with Gasteiger partial charge in [-0.05, 0) is 32.4 Å². The van der Waals surface area contributed by atoms with E-state index in [4.69, 9.17) is 5.11 Å². The Labute approximate surface area is 79.6 Å². The van der Waals surface area contributed by atoms with Gasteiger partial charge in [-0.2, -0.15) is 0 Å². The Kier molecular flexibility index (Phi) is 3.32. The van der Waals surface area contributed by atoms with E-state index in [1.807, 2.05) is 6.92 Å². The first-order valence-electron chi connectivity index (χ1n) is 4.58. The molecular formula is C11H17NO. The Balaban J connectivity index is 2.77. The second-order valence-corrected chi connectivity index (χ2v) is 3.55. The number of anilines is 1. The minimum absolute atomic E-state index is 0.112. The highest BCUT2D eigenvalue weighted by Crippen LogP contribution is 2.16. The Bertz CT molecular complexity index is 283. The largest absolute Gasteiger partial charge is 0.394 e. The number of aryl methyl sites for hydroxylation is 2. The van der Waals surface area contributed by atoms with Gasteiger partial charge in [-0.1, -0.05) is 17.7 Å². The van der Waals surface area contributed by atoms with Crippen LogP contribution in [0.5, 0.6) is 0 Å². The van der Waals surface area contributed by atoms with E-state index in [0.717, 1.165) is 5.69 Å². The van der Waals surface area contributed by atoms with Crippen molar-refractivity contribution in [2.24, 2.45) is 0 Å². The van der Waals surface area contributed by atoms with Crippen molar-refractivity contribution in [2.75, 3.05) is 11.9 Å². The lowest BCUT2D eigenvalue weighted by Gasteiger charge is -2.14. The van der Waals surface area contributed by atoms with Crippen LogP contribution in [0, 0.1) is 13.8 Å². The summed E-state index contributed by atoms with van der Waals surface area (Å²) >= 11 is 0. The van der Waals surface area contributed by atoms with Crippen molar-refractivity contribution in [2.45, 2.75) is 26.8 Å². The van der Waals surface area contributed by atoms with Gasteiger partial charge in [-0.15, -0.1) is 0 Å². The second kappa shape index (κ2) is 4.28. The van der Waals surface area contributed by atoms with E-state index in [9.17, 15) is 0 Å². The lowest BCUT2D eigenvalue weighted by molar-refractivity contribution is 0.281. The molecule has 0 aliphatic carbocycles. The molecule has 2 N–H and O–H groups in total. The smallest absolute Gasteiger partial charge is 0.0630 e. The first-order chi connectivity index (χ1) is 6.13. The maximum atomic E-state index is 8.88. The average Bonchev–Trinajstić information content (AvgIpc) is 2.09. The minimum atomic E-state index is 0.112. The van der Waals surface area contributed by atoms with Crippen molar-refractivity contribution in [1.82, 2.24) is 0 Å². The predicted molar refractivity (Wildman–Crippen MR) is 56.1 cm³/mol. The Morgan fingerprint density at radius 3 is 2.62 bits per heavy atom. The van der Waals surface area contributed by atoms with Gasteiger partial charge < -0.3 is 10.4 Å². The third-order valence-corrected chi connectivity index (χ3v) is 2.06. The normalized spacial score (nSPS) is 12.6. The summed E-state index contributed by atoms with van der Waals surface area (Å²) in [6, 6.07) is 6.37. The van der Waals surface area contributed by atoms with Gasteiger partial charge in [-0.3, -0.25) is 0 Å². The topological polar surface area (TPSA) is 32.3 Å². The van der Waals surface area contributed by atoms with Crippen LogP contribution in [0.4, 0.5) is 5.69 Å². The van der Waals surface area contributed by atoms with Crippen molar-refractivity contribution in [3.05, 3.63) is 29.3 Å². The highest BCUT2D eigenvalue weighted by Gasteiger charge is 2.01. The van der Waals surface area contributed by atoms with Crippen LogP contribution in [0.3, 0.4) is 0 Å².